The van der Waals surface area contributed by atoms with E-state index in [1.54, 1.807) is 31.3 Å². The van der Waals surface area contributed by atoms with Gasteiger partial charge >= 0.3 is 5.97 Å². The molecule has 0 N–H and O–H groups in total. The van der Waals surface area contributed by atoms with Gasteiger partial charge < -0.3 is 14.4 Å². The Morgan fingerprint density at radius 1 is 1.03 bits per heavy atom. The molecular formula is C23H28N2O6S. The van der Waals surface area contributed by atoms with E-state index in [0.29, 0.717) is 30.9 Å². The fourth-order valence-electron chi connectivity index (χ4n) is 3.50. The Labute approximate surface area is 188 Å². The van der Waals surface area contributed by atoms with Crippen LogP contribution in [0.5, 0.6) is 5.75 Å². The Bertz CT molecular complexity index is 1020. The van der Waals surface area contributed by atoms with Crippen molar-refractivity contribution in [3.63, 3.8) is 0 Å². The van der Waals surface area contributed by atoms with E-state index in [0.717, 1.165) is 0 Å². The van der Waals surface area contributed by atoms with E-state index < -0.39 is 21.9 Å². The summed E-state index contributed by atoms with van der Waals surface area (Å²) in [7, 11) is -2.02. The average Bonchev–Trinajstić information content (AvgIpc) is 2.83. The predicted octanol–water partition coefficient (Wildman–Crippen LogP) is 2.69. The van der Waals surface area contributed by atoms with Crippen molar-refractivity contribution < 1.29 is 27.5 Å². The first kappa shape index (κ1) is 23.7. The maximum atomic E-state index is 12.9. The van der Waals surface area contributed by atoms with Gasteiger partial charge in [-0.3, -0.25) is 9.59 Å². The highest BCUT2D eigenvalue weighted by molar-refractivity contribution is 7.89. The van der Waals surface area contributed by atoms with Gasteiger partial charge in [-0.05, 0) is 56.2 Å². The molecule has 1 aliphatic heterocycles. The van der Waals surface area contributed by atoms with Crippen LogP contribution in [0.1, 0.15) is 19.8 Å². The molecule has 0 saturated carbocycles. The lowest BCUT2D eigenvalue weighted by molar-refractivity contribution is -0.153. The number of carbonyl (C=O) groups is 2. The lowest BCUT2D eigenvalue weighted by atomic mass is 9.98. The average molecular weight is 461 g/mol. The summed E-state index contributed by atoms with van der Waals surface area (Å²) in [6.07, 6.45) is 0.690. The SMILES string of the molecule is CCOc1ccc(S(=O)(=O)N2CCC(C(=O)OCC(=O)N(C)c3ccccc3)CC2)cc1. The quantitative estimate of drug-likeness (QED) is 0.563. The normalized spacial score (nSPS) is 15.2. The maximum absolute atomic E-state index is 12.9. The van der Waals surface area contributed by atoms with Gasteiger partial charge in [0.1, 0.15) is 5.75 Å². The molecule has 3 rings (SSSR count). The number of carbonyl (C=O) groups excluding carboxylic acids is 2. The van der Waals surface area contributed by atoms with Gasteiger partial charge in [-0.25, -0.2) is 8.42 Å². The zero-order valence-corrected chi connectivity index (χ0v) is 19.1. The molecule has 0 radical (unpaired) electrons. The molecule has 8 nitrogen and oxygen atoms in total. The Morgan fingerprint density at radius 2 is 1.66 bits per heavy atom. The number of ether oxygens (including phenoxy) is 2. The van der Waals surface area contributed by atoms with Crippen LogP contribution in [0.25, 0.3) is 0 Å². The predicted molar refractivity (Wildman–Crippen MR) is 120 cm³/mol. The first-order chi connectivity index (χ1) is 15.3. The number of hydrogen-bond donors (Lipinski definition) is 0. The minimum atomic E-state index is -3.65. The summed E-state index contributed by atoms with van der Waals surface area (Å²) >= 11 is 0. The molecule has 0 atom stereocenters. The van der Waals surface area contributed by atoms with Crippen LogP contribution < -0.4 is 9.64 Å². The maximum Gasteiger partial charge on any atom is 0.309 e. The highest BCUT2D eigenvalue weighted by Crippen LogP contribution is 2.26. The van der Waals surface area contributed by atoms with Gasteiger partial charge in [0.15, 0.2) is 6.61 Å². The monoisotopic (exact) mass is 460 g/mol. The lowest BCUT2D eigenvalue weighted by Gasteiger charge is -2.30. The van der Waals surface area contributed by atoms with Crippen LogP contribution in [0.3, 0.4) is 0 Å². The van der Waals surface area contributed by atoms with E-state index in [4.69, 9.17) is 9.47 Å². The number of piperidine rings is 1. The topological polar surface area (TPSA) is 93.2 Å². The Balaban J connectivity index is 1.50. The van der Waals surface area contributed by atoms with Crippen molar-refractivity contribution in [3.05, 3.63) is 54.6 Å². The van der Waals surface area contributed by atoms with Crippen LogP contribution in [0.2, 0.25) is 0 Å². The number of hydrogen-bond acceptors (Lipinski definition) is 6. The van der Waals surface area contributed by atoms with Gasteiger partial charge in [0.2, 0.25) is 10.0 Å². The molecule has 0 aromatic heterocycles. The van der Waals surface area contributed by atoms with Gasteiger partial charge in [0.25, 0.3) is 5.91 Å². The minimum absolute atomic E-state index is 0.191. The van der Waals surface area contributed by atoms with E-state index in [-0.39, 0.29) is 30.5 Å². The van der Waals surface area contributed by atoms with Crippen molar-refractivity contribution in [2.75, 3.05) is 38.3 Å². The van der Waals surface area contributed by atoms with E-state index in [1.807, 2.05) is 25.1 Å². The van der Waals surface area contributed by atoms with Crippen LogP contribution in [-0.4, -0.2) is 58.0 Å². The summed E-state index contributed by atoms with van der Waals surface area (Å²) < 4.78 is 37.7. The third-order valence-corrected chi connectivity index (χ3v) is 7.33. The molecule has 9 heteroatoms. The zero-order valence-electron chi connectivity index (χ0n) is 18.3. The van der Waals surface area contributed by atoms with Crippen molar-refractivity contribution in [2.24, 2.45) is 5.92 Å². The second kappa shape index (κ2) is 10.6. The standard InChI is InChI=1S/C23H28N2O6S/c1-3-30-20-9-11-21(12-10-20)32(28,29)25-15-13-18(14-16-25)23(27)31-17-22(26)24(2)19-7-5-4-6-8-19/h4-12,18H,3,13-17H2,1-2H3. The van der Waals surface area contributed by atoms with Crippen LogP contribution in [0.4, 0.5) is 5.69 Å². The molecule has 2 aromatic rings. The molecule has 32 heavy (non-hydrogen) atoms. The van der Waals surface area contributed by atoms with E-state index >= 15 is 0 Å². The molecule has 1 aliphatic rings. The molecule has 1 fully saturated rings. The summed E-state index contributed by atoms with van der Waals surface area (Å²) in [6.45, 7) is 2.44. The summed E-state index contributed by atoms with van der Waals surface area (Å²) in [5.41, 5.74) is 0.710. The van der Waals surface area contributed by atoms with Crippen molar-refractivity contribution >= 4 is 27.6 Å². The second-order valence-corrected chi connectivity index (χ2v) is 9.42. The minimum Gasteiger partial charge on any atom is -0.494 e. The van der Waals surface area contributed by atoms with E-state index in [1.165, 1.54) is 21.3 Å². The van der Waals surface area contributed by atoms with E-state index in [2.05, 4.69) is 0 Å². The molecule has 1 saturated heterocycles. The molecule has 0 bridgehead atoms. The number of rotatable bonds is 8. The third kappa shape index (κ3) is 5.66. The Hall–Kier alpha value is -2.91. The Kier molecular flexibility index (Phi) is 7.87. The number of sulfonamides is 1. The van der Waals surface area contributed by atoms with Gasteiger partial charge in [-0.2, -0.15) is 4.31 Å². The van der Waals surface area contributed by atoms with E-state index in [9.17, 15) is 18.0 Å². The molecule has 0 aliphatic carbocycles. The molecule has 1 amide bonds. The van der Waals surface area contributed by atoms with Crippen molar-refractivity contribution in [2.45, 2.75) is 24.7 Å². The Morgan fingerprint density at radius 3 is 2.25 bits per heavy atom. The number of likely N-dealkylation sites (N-methyl/N-ethyl adjacent to an activating group) is 1. The highest BCUT2D eigenvalue weighted by atomic mass is 32.2. The molecule has 2 aromatic carbocycles. The van der Waals surface area contributed by atoms with Gasteiger partial charge in [0, 0.05) is 25.8 Å². The fourth-order valence-corrected chi connectivity index (χ4v) is 4.97. The van der Waals surface area contributed by atoms with Gasteiger partial charge in [0.05, 0.1) is 17.4 Å². The summed E-state index contributed by atoms with van der Waals surface area (Å²) in [5.74, 6) is -0.630. The highest BCUT2D eigenvalue weighted by Gasteiger charge is 2.33. The number of benzene rings is 2. The van der Waals surface area contributed by atoms with Gasteiger partial charge in [-0.15, -0.1) is 0 Å². The van der Waals surface area contributed by atoms with Crippen LogP contribution in [0, 0.1) is 5.92 Å². The largest absolute Gasteiger partial charge is 0.494 e. The second-order valence-electron chi connectivity index (χ2n) is 7.48. The molecular weight excluding hydrogens is 432 g/mol. The van der Waals surface area contributed by atoms with Crippen molar-refractivity contribution in [3.8, 4) is 5.75 Å². The number of amides is 1. The first-order valence-electron chi connectivity index (χ1n) is 10.5. The van der Waals surface area contributed by atoms with Gasteiger partial charge in [-0.1, -0.05) is 18.2 Å². The lowest BCUT2D eigenvalue weighted by Crippen LogP contribution is -2.41. The van der Waals surface area contributed by atoms with Crippen molar-refractivity contribution in [1.82, 2.24) is 4.31 Å². The van der Waals surface area contributed by atoms with Crippen LogP contribution >= 0.6 is 0 Å². The summed E-state index contributed by atoms with van der Waals surface area (Å²) in [5, 5.41) is 0. The number of para-hydroxylation sites is 1. The van der Waals surface area contributed by atoms with Crippen LogP contribution in [-0.2, 0) is 24.3 Å². The third-order valence-electron chi connectivity index (χ3n) is 5.42. The summed E-state index contributed by atoms with van der Waals surface area (Å²) in [4.78, 5) is 26.3. The number of nitrogens with zero attached hydrogens (tertiary/aromatic N) is 2. The first-order valence-corrected chi connectivity index (χ1v) is 12.0. The smallest absolute Gasteiger partial charge is 0.309 e. The summed E-state index contributed by atoms with van der Waals surface area (Å²) in [6, 6.07) is 15.4. The molecule has 0 spiro atoms. The zero-order chi connectivity index (χ0) is 23.1. The number of anilines is 1. The van der Waals surface area contributed by atoms with Crippen LogP contribution in [0.15, 0.2) is 59.5 Å². The molecule has 0 unspecified atom stereocenters. The molecule has 172 valence electrons. The van der Waals surface area contributed by atoms with Crippen molar-refractivity contribution in [1.29, 1.82) is 0 Å². The number of esters is 1. The fraction of sp³-hybridized carbons (Fsp3) is 0.391. The molecule has 1 heterocycles.